The molecule has 112 valence electrons. The van der Waals surface area contributed by atoms with Gasteiger partial charge >= 0.3 is 0 Å². The maximum Gasteiger partial charge on any atom is 0.260 e. The van der Waals surface area contributed by atoms with E-state index in [0.717, 1.165) is 24.3 Å². The van der Waals surface area contributed by atoms with Gasteiger partial charge in [0.05, 0.1) is 0 Å². The molecule has 0 bridgehead atoms. The zero-order valence-electron chi connectivity index (χ0n) is 12.9. The molecule has 0 heterocycles. The first kappa shape index (κ1) is 16.5. The molecule has 0 aliphatic heterocycles. The lowest BCUT2D eigenvalue weighted by Crippen LogP contribution is -2.37. The zero-order chi connectivity index (χ0) is 15.0. The molecule has 1 unspecified atom stereocenters. The molecule has 1 amide bonds. The van der Waals surface area contributed by atoms with E-state index in [1.807, 2.05) is 31.3 Å². The molecule has 4 heteroatoms. The topological polar surface area (TPSA) is 50.4 Å². The SMILES string of the molecule is CNCc1ccccc1OC(C)C(=O)NCCC(C)C. The van der Waals surface area contributed by atoms with Crippen molar-refractivity contribution >= 4 is 5.91 Å². The summed E-state index contributed by atoms with van der Waals surface area (Å²) in [6, 6.07) is 7.77. The molecule has 0 aromatic heterocycles. The van der Waals surface area contributed by atoms with Gasteiger partial charge in [0.1, 0.15) is 5.75 Å². The molecule has 4 nitrogen and oxygen atoms in total. The molecule has 20 heavy (non-hydrogen) atoms. The fourth-order valence-electron chi connectivity index (χ4n) is 1.83. The van der Waals surface area contributed by atoms with Crippen molar-refractivity contribution in [3.63, 3.8) is 0 Å². The predicted molar refractivity (Wildman–Crippen MR) is 81.8 cm³/mol. The van der Waals surface area contributed by atoms with Crippen molar-refractivity contribution in [2.75, 3.05) is 13.6 Å². The number of carbonyl (C=O) groups excluding carboxylic acids is 1. The predicted octanol–water partition coefficient (Wildman–Crippen LogP) is 2.34. The van der Waals surface area contributed by atoms with Gasteiger partial charge in [0.25, 0.3) is 5.91 Å². The van der Waals surface area contributed by atoms with E-state index >= 15 is 0 Å². The average Bonchev–Trinajstić information content (AvgIpc) is 2.40. The number of para-hydroxylation sites is 1. The average molecular weight is 278 g/mol. The van der Waals surface area contributed by atoms with Crippen molar-refractivity contribution in [3.8, 4) is 5.75 Å². The molecule has 2 N–H and O–H groups in total. The molecule has 0 fully saturated rings. The minimum absolute atomic E-state index is 0.0649. The third-order valence-corrected chi connectivity index (χ3v) is 3.03. The van der Waals surface area contributed by atoms with Gasteiger partial charge in [-0.2, -0.15) is 0 Å². The van der Waals surface area contributed by atoms with Gasteiger partial charge in [0.15, 0.2) is 6.10 Å². The molecule has 1 rings (SSSR count). The van der Waals surface area contributed by atoms with Crippen LogP contribution in [0, 0.1) is 5.92 Å². The number of ether oxygens (including phenoxy) is 1. The second-order valence-electron chi connectivity index (χ2n) is 5.37. The second-order valence-corrected chi connectivity index (χ2v) is 5.37. The summed E-state index contributed by atoms with van der Waals surface area (Å²) in [6.07, 6.45) is 0.495. The van der Waals surface area contributed by atoms with E-state index in [4.69, 9.17) is 4.74 Å². The number of hydrogen-bond donors (Lipinski definition) is 2. The fraction of sp³-hybridized carbons (Fsp3) is 0.562. The molecular formula is C16H26N2O2. The van der Waals surface area contributed by atoms with Gasteiger partial charge in [-0.25, -0.2) is 0 Å². The molecule has 1 aromatic rings. The normalized spacial score (nSPS) is 12.2. The summed E-state index contributed by atoms with van der Waals surface area (Å²) in [7, 11) is 1.89. The molecule has 1 aromatic carbocycles. The lowest BCUT2D eigenvalue weighted by Gasteiger charge is -2.17. The van der Waals surface area contributed by atoms with Gasteiger partial charge in [-0.3, -0.25) is 4.79 Å². The number of carbonyl (C=O) groups is 1. The maximum atomic E-state index is 11.9. The highest BCUT2D eigenvalue weighted by Gasteiger charge is 2.15. The number of amides is 1. The maximum absolute atomic E-state index is 11.9. The van der Waals surface area contributed by atoms with E-state index in [2.05, 4.69) is 24.5 Å². The summed E-state index contributed by atoms with van der Waals surface area (Å²) in [5.74, 6) is 1.28. The summed E-state index contributed by atoms with van der Waals surface area (Å²) >= 11 is 0. The first-order valence-corrected chi connectivity index (χ1v) is 7.21. The summed E-state index contributed by atoms with van der Waals surface area (Å²) in [6.45, 7) is 7.47. The Morgan fingerprint density at radius 1 is 1.25 bits per heavy atom. The Hall–Kier alpha value is -1.55. The van der Waals surface area contributed by atoms with Gasteiger partial charge < -0.3 is 15.4 Å². The molecule has 1 atom stereocenters. The van der Waals surface area contributed by atoms with Crippen LogP contribution in [0.4, 0.5) is 0 Å². The second kappa shape index (κ2) is 8.59. The van der Waals surface area contributed by atoms with Crippen LogP contribution in [-0.2, 0) is 11.3 Å². The molecular weight excluding hydrogens is 252 g/mol. The summed E-state index contributed by atoms with van der Waals surface area (Å²) in [5, 5.41) is 6.00. The van der Waals surface area contributed by atoms with E-state index in [-0.39, 0.29) is 5.91 Å². The zero-order valence-corrected chi connectivity index (χ0v) is 12.9. The van der Waals surface area contributed by atoms with E-state index < -0.39 is 6.10 Å². The van der Waals surface area contributed by atoms with E-state index in [1.54, 1.807) is 6.92 Å². The Labute approximate surface area is 121 Å². The van der Waals surface area contributed by atoms with Crippen molar-refractivity contribution in [1.82, 2.24) is 10.6 Å². The van der Waals surface area contributed by atoms with Gasteiger partial charge in [-0.1, -0.05) is 32.0 Å². The van der Waals surface area contributed by atoms with Crippen LogP contribution in [-0.4, -0.2) is 25.6 Å². The van der Waals surface area contributed by atoms with Crippen LogP contribution >= 0.6 is 0 Å². The Morgan fingerprint density at radius 2 is 1.95 bits per heavy atom. The largest absolute Gasteiger partial charge is 0.481 e. The Kier molecular flexibility index (Phi) is 7.09. The van der Waals surface area contributed by atoms with Gasteiger partial charge in [-0.05, 0) is 32.4 Å². The smallest absolute Gasteiger partial charge is 0.260 e. The molecule has 0 radical (unpaired) electrons. The van der Waals surface area contributed by atoms with Crippen molar-refractivity contribution in [2.45, 2.75) is 39.8 Å². The number of benzene rings is 1. The van der Waals surface area contributed by atoms with Gasteiger partial charge in [0.2, 0.25) is 0 Å². The van der Waals surface area contributed by atoms with Crippen molar-refractivity contribution in [2.24, 2.45) is 5.92 Å². The first-order valence-electron chi connectivity index (χ1n) is 7.21. The Balaban J connectivity index is 2.52. The minimum Gasteiger partial charge on any atom is -0.481 e. The van der Waals surface area contributed by atoms with Crippen LogP contribution < -0.4 is 15.4 Å². The molecule has 0 aliphatic rings. The quantitative estimate of drug-likeness (QED) is 0.767. The van der Waals surface area contributed by atoms with Crippen LogP contribution in [0.5, 0.6) is 5.75 Å². The third kappa shape index (κ3) is 5.61. The highest BCUT2D eigenvalue weighted by molar-refractivity contribution is 5.80. The molecule has 0 saturated heterocycles. The molecule has 0 saturated carbocycles. The Morgan fingerprint density at radius 3 is 2.60 bits per heavy atom. The van der Waals surface area contributed by atoms with E-state index in [9.17, 15) is 4.79 Å². The Bertz CT molecular complexity index is 419. The van der Waals surface area contributed by atoms with Gasteiger partial charge in [-0.15, -0.1) is 0 Å². The number of hydrogen-bond acceptors (Lipinski definition) is 3. The van der Waals surface area contributed by atoms with Crippen LogP contribution in [0.25, 0.3) is 0 Å². The van der Waals surface area contributed by atoms with Crippen LogP contribution in [0.15, 0.2) is 24.3 Å². The van der Waals surface area contributed by atoms with Crippen molar-refractivity contribution < 1.29 is 9.53 Å². The lowest BCUT2D eigenvalue weighted by atomic mass is 10.1. The fourth-order valence-corrected chi connectivity index (χ4v) is 1.83. The molecule has 0 aliphatic carbocycles. The van der Waals surface area contributed by atoms with Crippen LogP contribution in [0.3, 0.4) is 0 Å². The first-order chi connectivity index (χ1) is 9.54. The summed E-state index contributed by atoms with van der Waals surface area (Å²) in [5.41, 5.74) is 1.05. The van der Waals surface area contributed by atoms with Crippen molar-refractivity contribution in [1.29, 1.82) is 0 Å². The highest BCUT2D eigenvalue weighted by atomic mass is 16.5. The standard InChI is InChI=1S/C16H26N2O2/c1-12(2)9-10-18-16(19)13(3)20-15-8-6-5-7-14(15)11-17-4/h5-8,12-13,17H,9-11H2,1-4H3,(H,18,19). The monoisotopic (exact) mass is 278 g/mol. The van der Waals surface area contributed by atoms with Gasteiger partial charge in [0, 0.05) is 18.7 Å². The summed E-state index contributed by atoms with van der Waals surface area (Å²) in [4.78, 5) is 11.9. The number of rotatable bonds is 8. The minimum atomic E-state index is -0.486. The molecule has 0 spiro atoms. The highest BCUT2D eigenvalue weighted by Crippen LogP contribution is 2.19. The van der Waals surface area contributed by atoms with Crippen molar-refractivity contribution in [3.05, 3.63) is 29.8 Å². The van der Waals surface area contributed by atoms with Crippen LogP contribution in [0.1, 0.15) is 32.8 Å². The van der Waals surface area contributed by atoms with E-state index in [1.165, 1.54) is 0 Å². The van der Waals surface area contributed by atoms with Crippen LogP contribution in [0.2, 0.25) is 0 Å². The lowest BCUT2D eigenvalue weighted by molar-refractivity contribution is -0.127. The van der Waals surface area contributed by atoms with E-state index in [0.29, 0.717) is 12.5 Å². The number of nitrogens with one attached hydrogen (secondary N) is 2. The third-order valence-electron chi connectivity index (χ3n) is 3.03. The summed E-state index contributed by atoms with van der Waals surface area (Å²) < 4.78 is 5.77.